The lowest BCUT2D eigenvalue weighted by molar-refractivity contribution is -0.132. The summed E-state index contributed by atoms with van der Waals surface area (Å²) in [6.07, 6.45) is 1.09. The van der Waals surface area contributed by atoms with Crippen LogP contribution in [0.4, 0.5) is 4.39 Å². The monoisotopic (exact) mass is 424 g/mol. The van der Waals surface area contributed by atoms with E-state index in [1.54, 1.807) is 23.8 Å². The Bertz CT molecular complexity index is 1100. The number of methoxy groups -OCH3 is 1. The van der Waals surface area contributed by atoms with Gasteiger partial charge >= 0.3 is 0 Å². The van der Waals surface area contributed by atoms with Crippen LogP contribution in [0.5, 0.6) is 5.75 Å². The molecular formula is C24H25FN2O4. The van der Waals surface area contributed by atoms with Gasteiger partial charge < -0.3 is 19.0 Å². The molecule has 4 rings (SSSR count). The Morgan fingerprint density at radius 1 is 1.03 bits per heavy atom. The van der Waals surface area contributed by atoms with Gasteiger partial charge in [-0.05, 0) is 49.2 Å². The Morgan fingerprint density at radius 3 is 2.39 bits per heavy atom. The summed E-state index contributed by atoms with van der Waals surface area (Å²) in [5.74, 6) is 0.524. The maximum Gasteiger partial charge on any atom is 0.290 e. The molecular weight excluding hydrogens is 399 g/mol. The van der Waals surface area contributed by atoms with Crippen molar-refractivity contribution in [3.8, 4) is 5.75 Å². The van der Waals surface area contributed by atoms with Gasteiger partial charge in [-0.25, -0.2) is 4.39 Å². The summed E-state index contributed by atoms with van der Waals surface area (Å²) in [6.45, 7) is 3.62. The number of carbonyl (C=O) groups excluding carboxylic acids is 2. The highest BCUT2D eigenvalue weighted by Crippen LogP contribution is 2.27. The molecule has 0 aliphatic carbocycles. The molecule has 1 aliphatic heterocycles. The van der Waals surface area contributed by atoms with Crippen molar-refractivity contribution in [1.82, 2.24) is 9.80 Å². The third-order valence-corrected chi connectivity index (χ3v) is 5.80. The number of aryl methyl sites for hydroxylation is 2. The number of ether oxygens (including phenoxy) is 1. The average molecular weight is 424 g/mol. The smallest absolute Gasteiger partial charge is 0.290 e. The summed E-state index contributed by atoms with van der Waals surface area (Å²) in [5, 5.41) is 0.607. The second-order valence-electron chi connectivity index (χ2n) is 7.72. The van der Waals surface area contributed by atoms with E-state index < -0.39 is 0 Å². The van der Waals surface area contributed by atoms with E-state index in [9.17, 15) is 14.0 Å². The average Bonchev–Trinajstić information content (AvgIpc) is 3.13. The number of rotatable bonds is 5. The third-order valence-electron chi connectivity index (χ3n) is 5.80. The number of piperazine rings is 1. The van der Waals surface area contributed by atoms with Crippen LogP contribution in [0.15, 0.2) is 46.9 Å². The number of halogens is 1. The predicted molar refractivity (Wildman–Crippen MR) is 115 cm³/mol. The van der Waals surface area contributed by atoms with Crippen LogP contribution in [-0.2, 0) is 11.2 Å². The summed E-state index contributed by atoms with van der Waals surface area (Å²) in [6, 6.07) is 11.9. The standard InChI is InChI=1S/C24H25FN2O4/c1-16-20-15-18(25)6-9-21(20)31-23(16)24(29)27-13-11-26(12-14-27)22(28)10-5-17-3-7-19(30-2)8-4-17/h3-4,6-9,15H,5,10-14H2,1-2H3. The van der Waals surface area contributed by atoms with Gasteiger partial charge in [0, 0.05) is 43.5 Å². The summed E-state index contributed by atoms with van der Waals surface area (Å²) < 4.78 is 24.4. The minimum absolute atomic E-state index is 0.0818. The molecule has 1 aliphatic rings. The second kappa shape index (κ2) is 8.79. The zero-order chi connectivity index (χ0) is 22.0. The van der Waals surface area contributed by atoms with Crippen LogP contribution in [0.25, 0.3) is 11.0 Å². The molecule has 1 saturated heterocycles. The van der Waals surface area contributed by atoms with Gasteiger partial charge in [-0.1, -0.05) is 12.1 Å². The fraction of sp³-hybridized carbons (Fsp3) is 0.333. The first kappa shape index (κ1) is 20.9. The number of nitrogens with zero attached hydrogens (tertiary/aromatic N) is 2. The van der Waals surface area contributed by atoms with E-state index in [1.165, 1.54) is 18.2 Å². The van der Waals surface area contributed by atoms with Gasteiger partial charge in [-0.2, -0.15) is 0 Å². The molecule has 0 spiro atoms. The highest BCUT2D eigenvalue weighted by molar-refractivity contribution is 5.99. The van der Waals surface area contributed by atoms with E-state index in [2.05, 4.69) is 0 Å². The number of benzene rings is 2. The Balaban J connectivity index is 1.33. The fourth-order valence-electron chi connectivity index (χ4n) is 3.90. The lowest BCUT2D eigenvalue weighted by Gasteiger charge is -2.34. The molecule has 1 aromatic heterocycles. The summed E-state index contributed by atoms with van der Waals surface area (Å²) in [7, 11) is 1.62. The van der Waals surface area contributed by atoms with Crippen LogP contribution in [0, 0.1) is 12.7 Å². The first-order valence-electron chi connectivity index (χ1n) is 10.3. The number of carbonyl (C=O) groups is 2. The fourth-order valence-corrected chi connectivity index (χ4v) is 3.90. The van der Waals surface area contributed by atoms with E-state index in [-0.39, 0.29) is 23.4 Å². The lowest BCUT2D eigenvalue weighted by Crippen LogP contribution is -2.50. The zero-order valence-corrected chi connectivity index (χ0v) is 17.7. The second-order valence-corrected chi connectivity index (χ2v) is 7.72. The Hall–Kier alpha value is -3.35. The molecule has 3 aromatic rings. The minimum Gasteiger partial charge on any atom is -0.497 e. The van der Waals surface area contributed by atoms with Crippen LogP contribution >= 0.6 is 0 Å². The molecule has 0 saturated carbocycles. The van der Waals surface area contributed by atoms with Gasteiger partial charge in [-0.3, -0.25) is 9.59 Å². The molecule has 0 N–H and O–H groups in total. The van der Waals surface area contributed by atoms with Gasteiger partial charge in [0.2, 0.25) is 5.91 Å². The molecule has 2 amide bonds. The van der Waals surface area contributed by atoms with Crippen LogP contribution in [0.1, 0.15) is 28.1 Å². The van der Waals surface area contributed by atoms with Gasteiger partial charge in [0.1, 0.15) is 17.1 Å². The molecule has 0 radical (unpaired) electrons. The maximum atomic E-state index is 13.5. The molecule has 6 nitrogen and oxygen atoms in total. The first-order valence-corrected chi connectivity index (χ1v) is 10.3. The van der Waals surface area contributed by atoms with Gasteiger partial charge in [0.25, 0.3) is 5.91 Å². The quantitative estimate of drug-likeness (QED) is 0.625. The zero-order valence-electron chi connectivity index (χ0n) is 17.7. The number of hydrogen-bond donors (Lipinski definition) is 0. The molecule has 2 heterocycles. The van der Waals surface area contributed by atoms with E-state index in [0.29, 0.717) is 55.6 Å². The SMILES string of the molecule is COc1ccc(CCC(=O)N2CCN(C(=O)c3oc4ccc(F)cc4c3C)CC2)cc1. The van der Waals surface area contributed by atoms with Crippen molar-refractivity contribution in [2.24, 2.45) is 0 Å². The molecule has 31 heavy (non-hydrogen) atoms. The van der Waals surface area contributed by atoms with Gasteiger partial charge in [0.15, 0.2) is 5.76 Å². The Kier molecular flexibility index (Phi) is 5.93. The number of amides is 2. The van der Waals surface area contributed by atoms with Crippen LogP contribution < -0.4 is 4.74 Å². The molecule has 0 atom stereocenters. The first-order chi connectivity index (χ1) is 15.0. The Labute approximate surface area is 180 Å². The van der Waals surface area contributed by atoms with Gasteiger partial charge in [0.05, 0.1) is 7.11 Å². The normalized spacial score (nSPS) is 14.2. The molecule has 7 heteroatoms. The minimum atomic E-state index is -0.364. The summed E-state index contributed by atoms with van der Waals surface area (Å²) in [5.41, 5.74) is 2.21. The highest BCUT2D eigenvalue weighted by atomic mass is 19.1. The van der Waals surface area contributed by atoms with Crippen molar-refractivity contribution in [2.45, 2.75) is 19.8 Å². The third kappa shape index (κ3) is 4.40. The van der Waals surface area contributed by atoms with E-state index in [1.807, 2.05) is 24.3 Å². The lowest BCUT2D eigenvalue weighted by atomic mass is 10.1. The summed E-state index contributed by atoms with van der Waals surface area (Å²) >= 11 is 0. The maximum absolute atomic E-state index is 13.5. The number of hydrogen-bond acceptors (Lipinski definition) is 4. The molecule has 0 unspecified atom stereocenters. The van der Waals surface area contributed by atoms with Crippen molar-refractivity contribution >= 4 is 22.8 Å². The van der Waals surface area contributed by atoms with Crippen molar-refractivity contribution in [3.63, 3.8) is 0 Å². The molecule has 0 bridgehead atoms. The highest BCUT2D eigenvalue weighted by Gasteiger charge is 2.28. The van der Waals surface area contributed by atoms with Gasteiger partial charge in [-0.15, -0.1) is 0 Å². The van der Waals surface area contributed by atoms with E-state index in [4.69, 9.17) is 9.15 Å². The van der Waals surface area contributed by atoms with Crippen LogP contribution in [0.3, 0.4) is 0 Å². The van der Waals surface area contributed by atoms with Crippen molar-refractivity contribution in [1.29, 1.82) is 0 Å². The van der Waals surface area contributed by atoms with Crippen molar-refractivity contribution in [3.05, 3.63) is 65.2 Å². The van der Waals surface area contributed by atoms with E-state index >= 15 is 0 Å². The largest absolute Gasteiger partial charge is 0.497 e. The number of fused-ring (bicyclic) bond motifs is 1. The molecule has 1 fully saturated rings. The van der Waals surface area contributed by atoms with Crippen LogP contribution in [-0.4, -0.2) is 54.9 Å². The Morgan fingerprint density at radius 2 is 1.71 bits per heavy atom. The molecule has 162 valence electrons. The van der Waals surface area contributed by atoms with Crippen molar-refractivity contribution in [2.75, 3.05) is 33.3 Å². The summed E-state index contributed by atoms with van der Waals surface area (Å²) in [4.78, 5) is 29.0. The van der Waals surface area contributed by atoms with Crippen LogP contribution in [0.2, 0.25) is 0 Å². The molecule has 2 aromatic carbocycles. The predicted octanol–water partition coefficient (Wildman–Crippen LogP) is 3.81. The van der Waals surface area contributed by atoms with E-state index in [0.717, 1.165) is 11.3 Å². The van der Waals surface area contributed by atoms with Crippen molar-refractivity contribution < 1.29 is 23.1 Å². The number of furan rings is 1. The topological polar surface area (TPSA) is 63.0 Å².